The molecule has 54 valence electrons. The van der Waals surface area contributed by atoms with Crippen LogP contribution in [0.4, 0.5) is 4.39 Å². The van der Waals surface area contributed by atoms with Gasteiger partial charge >= 0.3 is 0 Å². The molecule has 1 aromatic heterocycles. The predicted octanol–water partition coefficient (Wildman–Crippen LogP) is 0.755. The summed E-state index contributed by atoms with van der Waals surface area (Å²) in [5.74, 6) is -0.356. The first-order valence-corrected chi connectivity index (χ1v) is 3.03. The molecule has 2 nitrogen and oxygen atoms in total. The van der Waals surface area contributed by atoms with Gasteiger partial charge in [-0.15, -0.1) is 0 Å². The molecule has 1 heterocycles. The van der Waals surface area contributed by atoms with Gasteiger partial charge in [-0.3, -0.25) is 4.98 Å². The second kappa shape index (κ2) is 3.27. The van der Waals surface area contributed by atoms with Gasteiger partial charge in [0.2, 0.25) is 0 Å². The zero-order chi connectivity index (χ0) is 7.40. The van der Waals surface area contributed by atoms with Crippen LogP contribution in [0.5, 0.6) is 0 Å². The van der Waals surface area contributed by atoms with Gasteiger partial charge in [-0.25, -0.2) is 4.39 Å². The van der Waals surface area contributed by atoms with Crippen LogP contribution in [0.15, 0.2) is 18.5 Å². The van der Waals surface area contributed by atoms with Crippen LogP contribution >= 0.6 is 0 Å². The summed E-state index contributed by atoms with van der Waals surface area (Å²) in [6, 6.07) is 1.36. The van der Waals surface area contributed by atoms with Gasteiger partial charge in [0.1, 0.15) is 5.82 Å². The summed E-state index contributed by atoms with van der Waals surface area (Å²) in [6.45, 7) is 0.0329. The number of hydrogen-bond acceptors (Lipinski definition) is 2. The van der Waals surface area contributed by atoms with Crippen molar-refractivity contribution in [2.24, 2.45) is 0 Å². The third kappa shape index (κ3) is 1.77. The van der Waals surface area contributed by atoms with Crippen LogP contribution in [-0.4, -0.2) is 16.7 Å². The number of hydrogen-bond donors (Lipinski definition) is 1. The molecule has 0 aliphatic rings. The van der Waals surface area contributed by atoms with Gasteiger partial charge in [0, 0.05) is 12.8 Å². The molecule has 0 spiro atoms. The highest BCUT2D eigenvalue weighted by Gasteiger charge is 1.93. The van der Waals surface area contributed by atoms with Gasteiger partial charge in [0.15, 0.2) is 0 Å². The molecule has 0 saturated carbocycles. The van der Waals surface area contributed by atoms with Crippen molar-refractivity contribution in [3.05, 3.63) is 29.8 Å². The zero-order valence-electron chi connectivity index (χ0n) is 5.42. The first kappa shape index (κ1) is 7.15. The highest BCUT2D eigenvalue weighted by Crippen LogP contribution is 2.00. The predicted molar refractivity (Wildman–Crippen MR) is 35.0 cm³/mol. The molecule has 0 saturated heterocycles. The van der Waals surface area contributed by atoms with Crippen molar-refractivity contribution in [2.45, 2.75) is 6.42 Å². The normalized spacial score (nSPS) is 9.80. The molecule has 1 rings (SSSR count). The third-order valence-electron chi connectivity index (χ3n) is 1.16. The van der Waals surface area contributed by atoms with Crippen LogP contribution in [0.1, 0.15) is 5.56 Å². The average molecular weight is 141 g/mol. The van der Waals surface area contributed by atoms with E-state index in [4.69, 9.17) is 5.11 Å². The van der Waals surface area contributed by atoms with E-state index < -0.39 is 0 Å². The first-order valence-electron chi connectivity index (χ1n) is 3.03. The van der Waals surface area contributed by atoms with Crippen LogP contribution in [0.2, 0.25) is 0 Å². The number of aliphatic hydroxyl groups is 1. The summed E-state index contributed by atoms with van der Waals surface area (Å²) in [5, 5.41) is 8.46. The largest absolute Gasteiger partial charge is 0.396 e. The van der Waals surface area contributed by atoms with E-state index in [2.05, 4.69) is 4.98 Å². The van der Waals surface area contributed by atoms with Crippen molar-refractivity contribution in [3.8, 4) is 0 Å². The van der Waals surface area contributed by atoms with Gasteiger partial charge in [-0.05, 0) is 18.1 Å². The number of aliphatic hydroxyl groups excluding tert-OH is 1. The van der Waals surface area contributed by atoms with Crippen molar-refractivity contribution >= 4 is 0 Å². The molecule has 0 aliphatic carbocycles. The molecule has 0 fully saturated rings. The topological polar surface area (TPSA) is 33.1 Å². The Bertz CT molecular complexity index is 215. The molecular formula is C7H8FNO. The molecular weight excluding hydrogens is 133 g/mol. The smallest absolute Gasteiger partial charge is 0.141 e. The second-order valence-corrected chi connectivity index (χ2v) is 1.99. The summed E-state index contributed by atoms with van der Waals surface area (Å²) in [4.78, 5) is 3.62. The molecule has 10 heavy (non-hydrogen) atoms. The number of rotatable bonds is 2. The second-order valence-electron chi connectivity index (χ2n) is 1.99. The minimum Gasteiger partial charge on any atom is -0.396 e. The van der Waals surface area contributed by atoms with Crippen LogP contribution in [0, 0.1) is 5.82 Å². The first-order chi connectivity index (χ1) is 4.83. The molecule has 1 N–H and O–H groups in total. The Hall–Kier alpha value is -0.960. The fourth-order valence-electron chi connectivity index (χ4n) is 0.722. The molecule has 1 aromatic rings. The maximum atomic E-state index is 12.3. The van der Waals surface area contributed by atoms with E-state index in [1.54, 1.807) is 6.20 Å². The Balaban J connectivity index is 2.75. The maximum Gasteiger partial charge on any atom is 0.141 e. The van der Waals surface area contributed by atoms with E-state index in [9.17, 15) is 4.39 Å². The van der Waals surface area contributed by atoms with Crippen molar-refractivity contribution < 1.29 is 9.50 Å². The van der Waals surface area contributed by atoms with Gasteiger partial charge in [0.25, 0.3) is 0 Å². The SMILES string of the molecule is OCCc1cncc(F)c1. The third-order valence-corrected chi connectivity index (χ3v) is 1.16. The van der Waals surface area contributed by atoms with Crippen LogP contribution < -0.4 is 0 Å². The molecule has 3 heteroatoms. The van der Waals surface area contributed by atoms with Crippen molar-refractivity contribution in [1.82, 2.24) is 4.98 Å². The van der Waals surface area contributed by atoms with Crippen molar-refractivity contribution in [3.63, 3.8) is 0 Å². The highest BCUT2D eigenvalue weighted by atomic mass is 19.1. The Morgan fingerprint density at radius 1 is 1.50 bits per heavy atom. The number of halogens is 1. The number of aromatic nitrogens is 1. The van der Waals surface area contributed by atoms with Gasteiger partial charge < -0.3 is 5.11 Å². The quantitative estimate of drug-likeness (QED) is 0.659. The van der Waals surface area contributed by atoms with Crippen molar-refractivity contribution in [1.29, 1.82) is 0 Å². The van der Waals surface area contributed by atoms with Crippen molar-refractivity contribution in [2.75, 3.05) is 6.61 Å². The lowest BCUT2D eigenvalue weighted by Crippen LogP contribution is -1.91. The highest BCUT2D eigenvalue weighted by molar-refractivity contribution is 5.09. The van der Waals surface area contributed by atoms with E-state index in [1.165, 1.54) is 6.07 Å². The fraction of sp³-hybridized carbons (Fsp3) is 0.286. The summed E-state index contributed by atoms with van der Waals surface area (Å²) in [7, 11) is 0. The molecule has 0 aromatic carbocycles. The zero-order valence-corrected chi connectivity index (χ0v) is 5.42. The minimum absolute atomic E-state index is 0.0329. The lowest BCUT2D eigenvalue weighted by atomic mass is 10.2. The monoisotopic (exact) mass is 141 g/mol. The Morgan fingerprint density at radius 3 is 2.90 bits per heavy atom. The lowest BCUT2D eigenvalue weighted by Gasteiger charge is -1.94. The van der Waals surface area contributed by atoms with Crippen LogP contribution in [0.25, 0.3) is 0 Å². The minimum atomic E-state index is -0.356. The van der Waals surface area contributed by atoms with Gasteiger partial charge in [-0.2, -0.15) is 0 Å². The summed E-state index contributed by atoms with van der Waals surface area (Å²) in [5.41, 5.74) is 0.725. The number of nitrogens with zero attached hydrogens (tertiary/aromatic N) is 1. The van der Waals surface area contributed by atoms with Crippen LogP contribution in [0.3, 0.4) is 0 Å². The molecule has 0 amide bonds. The maximum absolute atomic E-state index is 12.3. The van der Waals surface area contributed by atoms with Crippen LogP contribution in [-0.2, 0) is 6.42 Å². The summed E-state index contributed by atoms with van der Waals surface area (Å²) < 4.78 is 12.3. The van der Waals surface area contributed by atoms with Gasteiger partial charge in [0.05, 0.1) is 6.20 Å². The molecule has 0 unspecified atom stereocenters. The molecule has 0 atom stereocenters. The van der Waals surface area contributed by atoms with E-state index in [0.29, 0.717) is 6.42 Å². The Kier molecular flexibility index (Phi) is 2.34. The summed E-state index contributed by atoms with van der Waals surface area (Å²) >= 11 is 0. The van der Waals surface area contributed by atoms with E-state index in [1.807, 2.05) is 0 Å². The average Bonchev–Trinajstić information content (AvgIpc) is 1.88. The summed E-state index contributed by atoms with van der Waals surface area (Å²) in [6.07, 6.45) is 3.14. The molecule has 0 bridgehead atoms. The van der Waals surface area contributed by atoms with E-state index in [0.717, 1.165) is 11.8 Å². The number of pyridine rings is 1. The molecule has 0 radical (unpaired) electrons. The fourth-order valence-corrected chi connectivity index (χ4v) is 0.722. The van der Waals surface area contributed by atoms with Gasteiger partial charge in [-0.1, -0.05) is 0 Å². The Morgan fingerprint density at radius 2 is 2.30 bits per heavy atom. The Labute approximate surface area is 58.3 Å². The molecule has 0 aliphatic heterocycles. The lowest BCUT2D eigenvalue weighted by molar-refractivity contribution is 0.299. The van der Waals surface area contributed by atoms with E-state index in [-0.39, 0.29) is 12.4 Å². The standard InChI is InChI=1S/C7H8FNO/c8-7-3-6(1-2-10)4-9-5-7/h3-5,10H,1-2H2. The van der Waals surface area contributed by atoms with E-state index >= 15 is 0 Å².